The predicted molar refractivity (Wildman–Crippen MR) is 114 cm³/mol. The van der Waals surface area contributed by atoms with Crippen LogP contribution in [0.25, 0.3) is 6.08 Å². The topological polar surface area (TPSA) is 68.2 Å². The average molecular weight is 409 g/mol. The van der Waals surface area contributed by atoms with Crippen molar-refractivity contribution < 1.29 is 24.1 Å². The minimum absolute atomic E-state index is 0.152. The van der Waals surface area contributed by atoms with Crippen molar-refractivity contribution in [3.8, 4) is 23.0 Å². The zero-order valence-corrected chi connectivity index (χ0v) is 17.6. The number of aromatic hydroxyl groups is 1. The molecule has 0 spiro atoms. The van der Waals surface area contributed by atoms with Crippen LogP contribution in [0.5, 0.6) is 23.0 Å². The van der Waals surface area contributed by atoms with Gasteiger partial charge in [0.05, 0.1) is 25.3 Å². The number of hydrogen-bond donors (Lipinski definition) is 1. The van der Waals surface area contributed by atoms with Crippen LogP contribution in [0.15, 0.2) is 36.1 Å². The van der Waals surface area contributed by atoms with Gasteiger partial charge in [0.2, 0.25) is 5.78 Å². The number of methoxy groups -OCH3 is 2. The van der Waals surface area contributed by atoms with Crippen LogP contribution in [0.1, 0.15) is 47.7 Å². The highest BCUT2D eigenvalue weighted by Crippen LogP contribution is 2.41. The number of phenolic OH excluding ortho intramolecular Hbond substituents is 1. The number of fused-ring (bicyclic) bond motifs is 1. The minimum atomic E-state index is -0.206. The van der Waals surface area contributed by atoms with Crippen molar-refractivity contribution in [3.63, 3.8) is 0 Å². The Bertz CT molecular complexity index is 997. The first-order valence-corrected chi connectivity index (χ1v) is 10.3. The van der Waals surface area contributed by atoms with Gasteiger partial charge in [-0.25, -0.2) is 0 Å². The lowest BCUT2D eigenvalue weighted by Gasteiger charge is -2.33. The summed E-state index contributed by atoms with van der Waals surface area (Å²) in [5, 5.41) is 10.5. The molecule has 4 rings (SSSR count). The Morgan fingerprint density at radius 2 is 2.03 bits per heavy atom. The molecular weight excluding hydrogens is 382 g/mol. The van der Waals surface area contributed by atoms with E-state index in [0.717, 1.165) is 19.4 Å². The highest BCUT2D eigenvalue weighted by atomic mass is 16.5. The van der Waals surface area contributed by atoms with Crippen LogP contribution in [0.4, 0.5) is 0 Å². The molecule has 2 aromatic carbocycles. The van der Waals surface area contributed by atoms with Crippen LogP contribution in [-0.4, -0.2) is 42.6 Å². The number of likely N-dealkylation sites (tertiary alicyclic amines) is 1. The van der Waals surface area contributed by atoms with Gasteiger partial charge in [0.15, 0.2) is 17.3 Å². The third-order valence-corrected chi connectivity index (χ3v) is 5.94. The number of phenols is 1. The third-order valence-electron chi connectivity index (χ3n) is 5.94. The van der Waals surface area contributed by atoms with Gasteiger partial charge >= 0.3 is 0 Å². The molecule has 6 heteroatoms. The van der Waals surface area contributed by atoms with E-state index in [2.05, 4.69) is 11.8 Å². The number of carbonyl (C=O) groups is 1. The molecule has 0 bridgehead atoms. The molecule has 158 valence electrons. The number of piperidine rings is 1. The van der Waals surface area contributed by atoms with Crippen molar-refractivity contribution in [1.82, 2.24) is 4.90 Å². The molecule has 0 saturated carbocycles. The summed E-state index contributed by atoms with van der Waals surface area (Å²) in [6.07, 6.45) is 5.16. The molecule has 0 aliphatic carbocycles. The van der Waals surface area contributed by atoms with E-state index >= 15 is 0 Å². The number of rotatable bonds is 5. The van der Waals surface area contributed by atoms with Crippen LogP contribution in [0.3, 0.4) is 0 Å². The van der Waals surface area contributed by atoms with Crippen LogP contribution >= 0.6 is 0 Å². The van der Waals surface area contributed by atoms with E-state index < -0.39 is 0 Å². The van der Waals surface area contributed by atoms with Gasteiger partial charge in [0.25, 0.3) is 0 Å². The Balaban J connectivity index is 1.69. The molecule has 2 heterocycles. The first kappa shape index (κ1) is 20.3. The first-order valence-electron chi connectivity index (χ1n) is 10.3. The van der Waals surface area contributed by atoms with E-state index in [1.165, 1.54) is 6.42 Å². The van der Waals surface area contributed by atoms with Crippen molar-refractivity contribution >= 4 is 11.9 Å². The second kappa shape index (κ2) is 8.40. The maximum atomic E-state index is 13.0. The molecule has 0 radical (unpaired) electrons. The van der Waals surface area contributed by atoms with Gasteiger partial charge in [0, 0.05) is 18.2 Å². The highest BCUT2D eigenvalue weighted by Gasteiger charge is 2.33. The van der Waals surface area contributed by atoms with Crippen molar-refractivity contribution in [1.29, 1.82) is 0 Å². The molecular formula is C24H27NO5. The van der Waals surface area contributed by atoms with Crippen molar-refractivity contribution in [2.24, 2.45) is 0 Å². The zero-order chi connectivity index (χ0) is 21.3. The molecule has 0 aromatic heterocycles. The van der Waals surface area contributed by atoms with Gasteiger partial charge in [-0.2, -0.15) is 0 Å². The van der Waals surface area contributed by atoms with Crippen molar-refractivity contribution in [2.45, 2.75) is 38.8 Å². The Labute approximate surface area is 176 Å². The quantitative estimate of drug-likeness (QED) is 0.739. The van der Waals surface area contributed by atoms with Gasteiger partial charge in [-0.15, -0.1) is 0 Å². The summed E-state index contributed by atoms with van der Waals surface area (Å²) in [4.78, 5) is 15.3. The van der Waals surface area contributed by atoms with Gasteiger partial charge in [-0.1, -0.05) is 18.6 Å². The molecule has 1 saturated heterocycles. The summed E-state index contributed by atoms with van der Waals surface area (Å²) in [5.41, 5.74) is 1.82. The van der Waals surface area contributed by atoms with Crippen LogP contribution < -0.4 is 14.2 Å². The fourth-order valence-corrected chi connectivity index (χ4v) is 4.21. The lowest BCUT2D eigenvalue weighted by molar-refractivity contribution is 0.101. The Morgan fingerprint density at radius 3 is 2.77 bits per heavy atom. The number of hydrogen-bond acceptors (Lipinski definition) is 6. The van der Waals surface area contributed by atoms with Crippen molar-refractivity contribution in [2.75, 3.05) is 20.8 Å². The SMILES string of the molecule is COc1cccc(C=C2Oc3c(ccc(O)c3CN3CCCC[C@H]3C)C2=O)c1OC. The van der Waals surface area contributed by atoms with Gasteiger partial charge in [-0.3, -0.25) is 9.69 Å². The molecule has 6 nitrogen and oxygen atoms in total. The van der Waals surface area contributed by atoms with Gasteiger partial charge < -0.3 is 19.3 Å². The minimum Gasteiger partial charge on any atom is -0.507 e. The summed E-state index contributed by atoms with van der Waals surface area (Å²) in [6, 6.07) is 9.10. The number of para-hydroxylation sites is 1. The molecule has 0 amide bonds. The number of allylic oxidation sites excluding steroid dienone is 1. The van der Waals surface area contributed by atoms with E-state index in [1.807, 2.05) is 12.1 Å². The van der Waals surface area contributed by atoms with Crippen LogP contribution in [0, 0.1) is 0 Å². The first-order chi connectivity index (χ1) is 14.5. The monoisotopic (exact) mass is 409 g/mol. The van der Waals surface area contributed by atoms with Crippen LogP contribution in [0.2, 0.25) is 0 Å². The molecule has 0 unspecified atom stereocenters. The summed E-state index contributed by atoms with van der Waals surface area (Å²) in [7, 11) is 3.13. The fraction of sp³-hybridized carbons (Fsp3) is 0.375. The summed E-state index contributed by atoms with van der Waals surface area (Å²) >= 11 is 0. The average Bonchev–Trinajstić information content (AvgIpc) is 3.06. The zero-order valence-electron chi connectivity index (χ0n) is 17.6. The molecule has 1 fully saturated rings. The molecule has 2 aliphatic rings. The second-order valence-electron chi connectivity index (χ2n) is 7.78. The van der Waals surface area contributed by atoms with Crippen LogP contribution in [-0.2, 0) is 6.54 Å². The number of Topliss-reactive ketones (excluding diaryl/α,β-unsaturated/α-hetero) is 1. The summed E-state index contributed by atoms with van der Waals surface area (Å²) in [5.74, 6) is 1.71. The lowest BCUT2D eigenvalue weighted by atomic mass is 10.0. The number of ether oxygens (including phenoxy) is 3. The molecule has 2 aliphatic heterocycles. The molecule has 2 aromatic rings. The number of benzene rings is 2. The summed E-state index contributed by atoms with van der Waals surface area (Å²) in [6.45, 7) is 3.73. The number of carbonyl (C=O) groups excluding carboxylic acids is 1. The number of nitrogens with zero attached hydrogens (tertiary/aromatic N) is 1. The summed E-state index contributed by atoms with van der Waals surface area (Å²) < 4.78 is 16.8. The second-order valence-corrected chi connectivity index (χ2v) is 7.78. The molecule has 1 atom stereocenters. The Hall–Kier alpha value is -2.99. The number of ketones is 1. The smallest absolute Gasteiger partial charge is 0.231 e. The molecule has 1 N–H and O–H groups in total. The van der Waals surface area contributed by atoms with E-state index in [-0.39, 0.29) is 17.3 Å². The third kappa shape index (κ3) is 3.63. The maximum absolute atomic E-state index is 13.0. The van der Waals surface area contributed by atoms with E-state index in [0.29, 0.717) is 46.5 Å². The van der Waals surface area contributed by atoms with E-state index in [1.54, 1.807) is 38.5 Å². The largest absolute Gasteiger partial charge is 0.507 e. The van der Waals surface area contributed by atoms with E-state index in [4.69, 9.17) is 14.2 Å². The molecule has 30 heavy (non-hydrogen) atoms. The lowest BCUT2D eigenvalue weighted by Crippen LogP contribution is -2.36. The van der Waals surface area contributed by atoms with Crippen molar-refractivity contribution in [3.05, 3.63) is 52.8 Å². The Kier molecular flexibility index (Phi) is 5.68. The van der Waals surface area contributed by atoms with Gasteiger partial charge in [0.1, 0.15) is 11.5 Å². The normalized spacial score (nSPS) is 20.2. The predicted octanol–water partition coefficient (Wildman–Crippen LogP) is 4.40. The van der Waals surface area contributed by atoms with E-state index in [9.17, 15) is 9.90 Å². The maximum Gasteiger partial charge on any atom is 0.231 e. The Morgan fingerprint density at radius 1 is 1.20 bits per heavy atom. The standard InChI is InChI=1S/C24H27NO5/c1-15-7-4-5-12-25(15)14-18-19(26)11-10-17-22(27)21(30-24(17)18)13-16-8-6-9-20(28-2)23(16)29-3/h6,8-11,13,15,26H,4-5,7,12,14H2,1-3H3/t15-/m1/s1. The fourth-order valence-electron chi connectivity index (χ4n) is 4.21. The highest BCUT2D eigenvalue weighted by molar-refractivity contribution is 6.15. The van der Waals surface area contributed by atoms with Gasteiger partial charge in [-0.05, 0) is 50.6 Å².